The highest BCUT2D eigenvalue weighted by Gasteiger charge is 2.44. The Morgan fingerprint density at radius 2 is 1.79 bits per heavy atom. The summed E-state index contributed by atoms with van der Waals surface area (Å²) >= 11 is 0. The Morgan fingerprint density at radius 1 is 1.12 bits per heavy atom. The molecule has 2 saturated carbocycles. The molecule has 5 unspecified atom stereocenters. The van der Waals surface area contributed by atoms with Crippen molar-refractivity contribution < 1.29 is 22.7 Å². The quantitative estimate of drug-likeness (QED) is 0.316. The molecule has 0 bridgehead atoms. The van der Waals surface area contributed by atoms with Crippen molar-refractivity contribution in [2.75, 3.05) is 12.9 Å². The van der Waals surface area contributed by atoms with Crippen molar-refractivity contribution in [1.29, 1.82) is 0 Å². The van der Waals surface area contributed by atoms with Crippen LogP contribution in [0.3, 0.4) is 0 Å². The Bertz CT molecular complexity index is 888. The summed E-state index contributed by atoms with van der Waals surface area (Å²) in [4.78, 5) is 12.8. The number of hydrogen-bond donors (Lipinski definition) is 0. The van der Waals surface area contributed by atoms with E-state index in [4.69, 9.17) is 9.47 Å². The van der Waals surface area contributed by atoms with Crippen LogP contribution in [0.5, 0.6) is 0 Å². The van der Waals surface area contributed by atoms with Crippen LogP contribution < -0.4 is 0 Å². The lowest BCUT2D eigenvalue weighted by molar-refractivity contribution is -0.156. The molecule has 0 aliphatic heterocycles. The van der Waals surface area contributed by atoms with E-state index in [0.29, 0.717) is 29.3 Å². The van der Waals surface area contributed by atoms with Crippen molar-refractivity contribution in [3.8, 4) is 0 Å². The molecule has 5 nitrogen and oxygen atoms in total. The highest BCUT2D eigenvalue weighted by molar-refractivity contribution is 7.90. The fourth-order valence-electron chi connectivity index (χ4n) is 4.72. The van der Waals surface area contributed by atoms with Crippen LogP contribution in [0.25, 0.3) is 0 Å². The van der Waals surface area contributed by atoms with Gasteiger partial charge in [0.1, 0.15) is 5.60 Å². The zero-order valence-electron chi connectivity index (χ0n) is 21.0. The van der Waals surface area contributed by atoms with Crippen molar-refractivity contribution in [2.24, 2.45) is 29.6 Å². The summed E-state index contributed by atoms with van der Waals surface area (Å²) in [5, 5.41) is 0. The van der Waals surface area contributed by atoms with Crippen LogP contribution >= 0.6 is 0 Å². The summed E-state index contributed by atoms with van der Waals surface area (Å²) < 4.78 is 34.8. The number of ether oxygens (including phenoxy) is 2. The largest absolute Gasteiger partial charge is 0.459 e. The maximum Gasteiger partial charge on any atom is 0.309 e. The minimum absolute atomic E-state index is 0.0307. The third-order valence-corrected chi connectivity index (χ3v) is 8.84. The second kappa shape index (κ2) is 10.9. The molecule has 186 valence electrons. The first-order valence-corrected chi connectivity index (χ1v) is 14.5. The van der Waals surface area contributed by atoms with Crippen LogP contribution in [0.2, 0.25) is 0 Å². The van der Waals surface area contributed by atoms with E-state index in [1.54, 1.807) is 12.1 Å². The maximum absolute atomic E-state index is 12.4. The third-order valence-electron chi connectivity index (χ3n) is 7.71. The summed E-state index contributed by atoms with van der Waals surface area (Å²) in [5.74, 6) is 2.29. The van der Waals surface area contributed by atoms with E-state index in [-0.39, 0.29) is 17.5 Å². The van der Waals surface area contributed by atoms with Crippen molar-refractivity contribution in [1.82, 2.24) is 0 Å². The third kappa shape index (κ3) is 7.81. The number of hydrogen-bond acceptors (Lipinski definition) is 5. The lowest BCUT2D eigenvalue weighted by Crippen LogP contribution is -2.26. The van der Waals surface area contributed by atoms with Gasteiger partial charge in [-0.2, -0.15) is 0 Å². The molecule has 1 aromatic rings. The molecule has 0 aromatic heterocycles. The summed E-state index contributed by atoms with van der Waals surface area (Å²) in [5.41, 5.74) is 0.812. The van der Waals surface area contributed by atoms with Gasteiger partial charge in [-0.05, 0) is 80.4 Å². The molecular weight excluding hydrogens is 436 g/mol. The summed E-state index contributed by atoms with van der Waals surface area (Å²) in [6, 6.07) is 6.96. The summed E-state index contributed by atoms with van der Waals surface area (Å²) in [6.45, 7) is 9.76. The van der Waals surface area contributed by atoms with Crippen LogP contribution in [0.4, 0.5) is 0 Å². The fraction of sp³-hybridized carbons (Fsp3) is 0.741. The average molecular weight is 479 g/mol. The van der Waals surface area contributed by atoms with Gasteiger partial charge in [0.25, 0.3) is 0 Å². The predicted octanol–water partition coefficient (Wildman–Crippen LogP) is 5.81. The molecule has 2 aliphatic carbocycles. The van der Waals surface area contributed by atoms with Crippen molar-refractivity contribution in [2.45, 2.75) is 89.7 Å². The molecule has 0 heterocycles. The van der Waals surface area contributed by atoms with Crippen molar-refractivity contribution >= 4 is 15.8 Å². The molecule has 6 heteroatoms. The van der Waals surface area contributed by atoms with Gasteiger partial charge in [-0.15, -0.1) is 0 Å². The zero-order valence-corrected chi connectivity index (χ0v) is 21.8. The van der Waals surface area contributed by atoms with E-state index in [0.717, 1.165) is 43.8 Å². The van der Waals surface area contributed by atoms with E-state index < -0.39 is 9.84 Å². The zero-order chi connectivity index (χ0) is 24.2. The first kappa shape index (κ1) is 26.2. The Kier molecular flexibility index (Phi) is 8.66. The molecule has 0 amide bonds. The van der Waals surface area contributed by atoms with E-state index in [1.807, 2.05) is 26.0 Å². The van der Waals surface area contributed by atoms with Crippen molar-refractivity contribution in [3.63, 3.8) is 0 Å². The lowest BCUT2D eigenvalue weighted by Gasteiger charge is -2.23. The molecule has 1 aromatic carbocycles. The Morgan fingerprint density at radius 3 is 2.36 bits per heavy atom. The van der Waals surface area contributed by atoms with Gasteiger partial charge >= 0.3 is 5.97 Å². The number of esters is 1. The Labute approximate surface area is 200 Å². The normalized spacial score (nSPS) is 24.0. The van der Waals surface area contributed by atoms with Gasteiger partial charge in [-0.1, -0.05) is 45.7 Å². The number of carbonyl (C=O) groups excluding carboxylic acids is 1. The first-order valence-electron chi connectivity index (χ1n) is 12.6. The smallest absolute Gasteiger partial charge is 0.309 e. The van der Waals surface area contributed by atoms with Crippen LogP contribution in [0.15, 0.2) is 29.2 Å². The van der Waals surface area contributed by atoms with Gasteiger partial charge < -0.3 is 9.47 Å². The molecule has 2 aliphatic rings. The minimum Gasteiger partial charge on any atom is -0.459 e. The SMILES string of the molecule is CCCC(CCC(C)C(C)C(=O)OC1(C)CC1)C1CC1COCc1ccc(S(C)(=O)=O)cc1. The van der Waals surface area contributed by atoms with E-state index in [9.17, 15) is 13.2 Å². The summed E-state index contributed by atoms with van der Waals surface area (Å²) in [6.07, 6.45) is 9.09. The molecule has 5 atom stereocenters. The number of benzene rings is 1. The maximum atomic E-state index is 12.4. The highest BCUT2D eigenvalue weighted by atomic mass is 32.2. The molecule has 0 radical (unpaired) electrons. The molecule has 0 saturated heterocycles. The average Bonchev–Trinajstić information content (AvgIpc) is 3.68. The second-order valence-electron chi connectivity index (χ2n) is 10.9. The van der Waals surface area contributed by atoms with E-state index >= 15 is 0 Å². The second-order valence-corrected chi connectivity index (χ2v) is 12.9. The summed E-state index contributed by atoms with van der Waals surface area (Å²) in [7, 11) is -3.16. The van der Waals surface area contributed by atoms with Gasteiger partial charge in [-0.3, -0.25) is 4.79 Å². The monoisotopic (exact) mass is 478 g/mol. The van der Waals surface area contributed by atoms with E-state index in [2.05, 4.69) is 13.8 Å². The standard InChI is InChI=1S/C27H42O5S/c1-6-7-22(11-8-19(2)20(3)26(28)32-27(4)14-15-27)25-16-23(25)18-31-17-21-9-12-24(13-10-21)33(5,29)30/h9-10,12-13,19-20,22-23,25H,6-8,11,14-18H2,1-5H3. The minimum atomic E-state index is -3.16. The van der Waals surface area contributed by atoms with Crippen LogP contribution in [-0.2, 0) is 30.7 Å². The number of sulfone groups is 1. The molecule has 0 N–H and O–H groups in total. The number of rotatable bonds is 14. The molecule has 33 heavy (non-hydrogen) atoms. The topological polar surface area (TPSA) is 69.7 Å². The van der Waals surface area contributed by atoms with Crippen molar-refractivity contribution in [3.05, 3.63) is 29.8 Å². The molecule has 2 fully saturated rings. The van der Waals surface area contributed by atoms with E-state index in [1.165, 1.54) is 25.5 Å². The van der Waals surface area contributed by atoms with Gasteiger partial charge in [0.2, 0.25) is 0 Å². The Hall–Kier alpha value is -1.40. The fourth-order valence-corrected chi connectivity index (χ4v) is 5.35. The molecule has 0 spiro atoms. The lowest BCUT2D eigenvalue weighted by atomic mass is 9.84. The highest BCUT2D eigenvalue weighted by Crippen LogP contribution is 2.48. The van der Waals surface area contributed by atoms with Gasteiger partial charge in [-0.25, -0.2) is 8.42 Å². The first-order chi connectivity index (χ1) is 15.5. The van der Waals surface area contributed by atoms with Gasteiger partial charge in [0.15, 0.2) is 9.84 Å². The Balaban J connectivity index is 1.39. The van der Waals surface area contributed by atoms with Crippen LogP contribution in [-0.4, -0.2) is 32.9 Å². The van der Waals surface area contributed by atoms with Gasteiger partial charge in [0, 0.05) is 6.26 Å². The predicted molar refractivity (Wildman–Crippen MR) is 130 cm³/mol. The molecule has 3 rings (SSSR count). The number of carbonyl (C=O) groups is 1. The molecular formula is C27H42O5S. The van der Waals surface area contributed by atoms with Gasteiger partial charge in [0.05, 0.1) is 24.0 Å². The van der Waals surface area contributed by atoms with Crippen LogP contribution in [0.1, 0.15) is 78.2 Å². The van der Waals surface area contributed by atoms with Crippen LogP contribution in [0, 0.1) is 29.6 Å².